The van der Waals surface area contributed by atoms with Gasteiger partial charge >= 0.3 is 0 Å². The summed E-state index contributed by atoms with van der Waals surface area (Å²) in [4.78, 5) is 16.6. The highest BCUT2D eigenvalue weighted by Crippen LogP contribution is 2.37. The molecule has 0 saturated heterocycles. The molecular formula is C27H16Cl2N4O4S. The predicted octanol–water partition coefficient (Wildman–Crippen LogP) is 7.43. The molecule has 0 unspecified atom stereocenters. The fourth-order valence-electron chi connectivity index (χ4n) is 4.13. The molecule has 38 heavy (non-hydrogen) atoms. The van der Waals surface area contributed by atoms with Crippen LogP contribution in [0.3, 0.4) is 0 Å². The van der Waals surface area contributed by atoms with E-state index in [0.29, 0.717) is 32.0 Å². The van der Waals surface area contributed by atoms with E-state index in [1.165, 1.54) is 23.6 Å². The molecule has 1 aliphatic rings. The topological polar surface area (TPSA) is 91.2 Å². The van der Waals surface area contributed by atoms with Crippen LogP contribution in [0.4, 0.5) is 11.4 Å². The lowest BCUT2D eigenvalue weighted by molar-refractivity contribution is -0.385. The number of nitrogens with zero attached hydrogens (tertiary/aromatic N) is 4. The number of ether oxygens (including phenoxy) is 2. The first-order valence-electron chi connectivity index (χ1n) is 11.3. The van der Waals surface area contributed by atoms with Gasteiger partial charge in [-0.3, -0.25) is 10.1 Å². The molecule has 4 aromatic carbocycles. The third-order valence-electron chi connectivity index (χ3n) is 5.91. The van der Waals surface area contributed by atoms with E-state index in [0.717, 1.165) is 22.0 Å². The molecule has 6 rings (SSSR count). The monoisotopic (exact) mass is 562 g/mol. The van der Waals surface area contributed by atoms with E-state index in [4.69, 9.17) is 37.7 Å². The second-order valence-corrected chi connectivity index (χ2v) is 9.90. The maximum absolute atomic E-state index is 11.8. The van der Waals surface area contributed by atoms with Crippen molar-refractivity contribution in [1.82, 2.24) is 4.68 Å². The molecule has 11 heteroatoms. The van der Waals surface area contributed by atoms with Gasteiger partial charge in [0.15, 0.2) is 11.5 Å². The van der Waals surface area contributed by atoms with Crippen LogP contribution in [-0.4, -0.2) is 22.6 Å². The van der Waals surface area contributed by atoms with E-state index >= 15 is 0 Å². The predicted molar refractivity (Wildman–Crippen MR) is 149 cm³/mol. The first kappa shape index (κ1) is 24.2. The quantitative estimate of drug-likeness (QED) is 0.126. The Morgan fingerprint density at radius 3 is 2.61 bits per heavy atom. The molecule has 2 heterocycles. The van der Waals surface area contributed by atoms with Crippen molar-refractivity contribution in [3.8, 4) is 22.8 Å². The van der Waals surface area contributed by atoms with Gasteiger partial charge in [-0.25, -0.2) is 9.67 Å². The maximum atomic E-state index is 11.8. The molecule has 1 aromatic heterocycles. The lowest BCUT2D eigenvalue weighted by atomic mass is 10.0. The van der Waals surface area contributed by atoms with Crippen LogP contribution < -0.4 is 14.3 Å². The first-order valence-corrected chi connectivity index (χ1v) is 12.9. The Labute approximate surface area is 229 Å². The zero-order valence-corrected chi connectivity index (χ0v) is 21.7. The van der Waals surface area contributed by atoms with Crippen LogP contribution in [0, 0.1) is 10.1 Å². The van der Waals surface area contributed by atoms with Crippen molar-refractivity contribution in [3.05, 3.63) is 109 Å². The number of aromatic nitrogens is 1. The Morgan fingerprint density at radius 2 is 1.79 bits per heavy atom. The van der Waals surface area contributed by atoms with Crippen molar-refractivity contribution in [2.45, 2.75) is 0 Å². The summed E-state index contributed by atoms with van der Waals surface area (Å²) in [5.74, 6) is 0.737. The van der Waals surface area contributed by atoms with Crippen molar-refractivity contribution in [2.24, 2.45) is 10.1 Å². The van der Waals surface area contributed by atoms with Crippen LogP contribution in [0.1, 0.15) is 5.56 Å². The van der Waals surface area contributed by atoms with Gasteiger partial charge in [-0.2, -0.15) is 5.10 Å². The number of benzene rings is 4. The van der Waals surface area contributed by atoms with Crippen molar-refractivity contribution in [1.29, 1.82) is 0 Å². The molecule has 0 amide bonds. The van der Waals surface area contributed by atoms with Gasteiger partial charge in [0.2, 0.25) is 11.6 Å². The lowest BCUT2D eigenvalue weighted by Gasteiger charge is -2.08. The molecule has 0 atom stereocenters. The van der Waals surface area contributed by atoms with Crippen molar-refractivity contribution in [3.63, 3.8) is 0 Å². The van der Waals surface area contributed by atoms with E-state index in [1.54, 1.807) is 28.9 Å². The largest absolute Gasteiger partial charge is 0.454 e. The zero-order chi connectivity index (χ0) is 26.2. The van der Waals surface area contributed by atoms with Gasteiger partial charge in [0.05, 0.1) is 39.2 Å². The van der Waals surface area contributed by atoms with Gasteiger partial charge in [-0.1, -0.05) is 65.7 Å². The average Bonchev–Trinajstić information content (AvgIpc) is 3.54. The Hall–Kier alpha value is -4.18. The van der Waals surface area contributed by atoms with Crippen LogP contribution in [0.15, 0.2) is 88.3 Å². The van der Waals surface area contributed by atoms with E-state index < -0.39 is 4.92 Å². The highest BCUT2D eigenvalue weighted by atomic mass is 35.5. The van der Waals surface area contributed by atoms with Crippen LogP contribution in [0.25, 0.3) is 22.0 Å². The molecule has 0 aliphatic carbocycles. The van der Waals surface area contributed by atoms with Gasteiger partial charge in [0.1, 0.15) is 0 Å². The van der Waals surface area contributed by atoms with Crippen molar-refractivity contribution >= 4 is 62.9 Å². The Balaban J connectivity index is 1.56. The van der Waals surface area contributed by atoms with Gasteiger partial charge in [-0.05, 0) is 35.0 Å². The van der Waals surface area contributed by atoms with Gasteiger partial charge < -0.3 is 9.47 Å². The SMILES string of the molecule is O=[N+]([O-])c1cc2c(cc1C=Nn1c(-c3cccc4ccccc34)csc1=Nc1ccc(Cl)cc1Cl)OCO2. The summed E-state index contributed by atoms with van der Waals surface area (Å²) < 4.78 is 12.4. The summed E-state index contributed by atoms with van der Waals surface area (Å²) in [5, 5.41) is 21.4. The second kappa shape index (κ2) is 9.94. The van der Waals surface area contributed by atoms with Crippen LogP contribution in [0.5, 0.6) is 11.5 Å². The van der Waals surface area contributed by atoms with E-state index in [9.17, 15) is 10.1 Å². The van der Waals surface area contributed by atoms with Gasteiger partial charge in [0.25, 0.3) is 5.69 Å². The minimum atomic E-state index is -0.480. The number of fused-ring (bicyclic) bond motifs is 2. The van der Waals surface area contributed by atoms with Crippen molar-refractivity contribution in [2.75, 3.05) is 6.79 Å². The fraction of sp³-hybridized carbons (Fsp3) is 0.0370. The summed E-state index contributed by atoms with van der Waals surface area (Å²) >= 11 is 13.8. The minimum Gasteiger partial charge on any atom is -0.454 e. The second-order valence-electron chi connectivity index (χ2n) is 8.22. The number of nitro groups is 1. The lowest BCUT2D eigenvalue weighted by Crippen LogP contribution is -2.12. The molecule has 0 bridgehead atoms. The number of hydrogen-bond acceptors (Lipinski definition) is 7. The smallest absolute Gasteiger partial charge is 0.282 e. The minimum absolute atomic E-state index is 0.00245. The number of thiazole rings is 1. The van der Waals surface area contributed by atoms with E-state index in [2.05, 4.69) is 5.10 Å². The van der Waals surface area contributed by atoms with E-state index in [-0.39, 0.29) is 18.0 Å². The summed E-state index contributed by atoms with van der Waals surface area (Å²) in [5.41, 5.74) is 2.31. The summed E-state index contributed by atoms with van der Waals surface area (Å²) in [7, 11) is 0. The Bertz CT molecular complexity index is 1820. The maximum Gasteiger partial charge on any atom is 0.282 e. The molecule has 0 radical (unpaired) electrons. The summed E-state index contributed by atoms with van der Waals surface area (Å²) in [6, 6.07) is 21.9. The normalized spacial score (nSPS) is 13.1. The first-order chi connectivity index (χ1) is 18.5. The third kappa shape index (κ3) is 4.51. The molecule has 188 valence electrons. The van der Waals surface area contributed by atoms with Crippen molar-refractivity contribution < 1.29 is 14.4 Å². The van der Waals surface area contributed by atoms with Crippen LogP contribution >= 0.6 is 34.5 Å². The highest BCUT2D eigenvalue weighted by molar-refractivity contribution is 7.07. The summed E-state index contributed by atoms with van der Waals surface area (Å²) in [6.45, 7) is 0.00245. The zero-order valence-electron chi connectivity index (χ0n) is 19.4. The van der Waals surface area contributed by atoms with Crippen LogP contribution in [-0.2, 0) is 0 Å². The number of rotatable bonds is 5. The summed E-state index contributed by atoms with van der Waals surface area (Å²) in [6.07, 6.45) is 1.42. The average molecular weight is 563 g/mol. The molecule has 1 aliphatic heterocycles. The van der Waals surface area contributed by atoms with Gasteiger partial charge in [-0.15, -0.1) is 11.3 Å². The van der Waals surface area contributed by atoms with E-state index in [1.807, 2.05) is 47.8 Å². The third-order valence-corrected chi connectivity index (χ3v) is 7.26. The number of hydrogen-bond donors (Lipinski definition) is 0. The molecule has 0 saturated carbocycles. The standard InChI is InChI=1S/C27H16Cl2N4O4S/c28-18-8-9-22(21(29)11-18)31-27-32(24(14-38-27)20-7-3-5-16-4-1-2-6-19(16)20)30-13-17-10-25-26(37-15-36-25)12-23(17)33(34)35/h1-14H,15H2. The molecule has 0 fully saturated rings. The Morgan fingerprint density at radius 1 is 1.00 bits per heavy atom. The number of nitro benzene ring substituents is 1. The van der Waals surface area contributed by atoms with Crippen LogP contribution in [0.2, 0.25) is 10.0 Å². The van der Waals surface area contributed by atoms with Gasteiger partial charge in [0, 0.05) is 16.0 Å². The number of halogens is 2. The molecule has 0 spiro atoms. The fourth-order valence-corrected chi connectivity index (χ4v) is 5.42. The highest BCUT2D eigenvalue weighted by Gasteiger charge is 2.23. The molecule has 0 N–H and O–H groups in total. The molecular weight excluding hydrogens is 547 g/mol. The molecule has 8 nitrogen and oxygen atoms in total. The molecule has 5 aromatic rings. The Kier molecular flexibility index (Phi) is 6.32.